The quantitative estimate of drug-likeness (QED) is 0.752. The fourth-order valence-electron chi connectivity index (χ4n) is 3.46. The highest BCUT2D eigenvalue weighted by atomic mass is 127. The summed E-state index contributed by atoms with van der Waals surface area (Å²) in [6.07, 6.45) is 5.04. The van der Waals surface area contributed by atoms with Crippen LogP contribution in [-0.4, -0.2) is 40.0 Å². The normalized spacial score (nSPS) is 24.7. The van der Waals surface area contributed by atoms with Gasteiger partial charge in [-0.05, 0) is 34.6 Å². The van der Waals surface area contributed by atoms with Gasteiger partial charge in [0.25, 0.3) is 0 Å². The van der Waals surface area contributed by atoms with Crippen molar-refractivity contribution < 1.29 is 0 Å². The van der Waals surface area contributed by atoms with Crippen LogP contribution in [0.1, 0.15) is 12.0 Å². The van der Waals surface area contributed by atoms with Crippen LogP contribution in [0.2, 0.25) is 0 Å². The van der Waals surface area contributed by atoms with Gasteiger partial charge in [0.05, 0.1) is 0 Å². The van der Waals surface area contributed by atoms with Gasteiger partial charge in [-0.3, -0.25) is 4.90 Å². The minimum Gasteiger partial charge on any atom is -0.335 e. The number of anilines is 1. The molecule has 2 bridgehead atoms. The van der Waals surface area contributed by atoms with Gasteiger partial charge in [0.1, 0.15) is 0 Å². The summed E-state index contributed by atoms with van der Waals surface area (Å²) >= 11 is 2.25. The molecule has 0 aliphatic carbocycles. The van der Waals surface area contributed by atoms with Gasteiger partial charge in [-0.2, -0.15) is 0 Å². The number of hydrogen-bond donors (Lipinski definition) is 0. The van der Waals surface area contributed by atoms with Crippen LogP contribution in [-0.2, 0) is 6.54 Å². The number of nitrogens with zero attached hydrogens (tertiary/aromatic N) is 4. The van der Waals surface area contributed by atoms with E-state index >= 15 is 0 Å². The van der Waals surface area contributed by atoms with Crippen molar-refractivity contribution in [3.8, 4) is 0 Å². The second-order valence-electron chi connectivity index (χ2n) is 5.81. The van der Waals surface area contributed by atoms with Crippen molar-refractivity contribution in [3.05, 3.63) is 51.9 Å². The Hall–Kier alpha value is -1.21. The lowest BCUT2D eigenvalue weighted by Gasteiger charge is -2.34. The molecule has 21 heavy (non-hydrogen) atoms. The molecule has 1 aromatic carbocycles. The van der Waals surface area contributed by atoms with Crippen LogP contribution in [0.15, 0.2) is 42.7 Å². The third-order valence-corrected chi connectivity index (χ3v) is 5.00. The van der Waals surface area contributed by atoms with E-state index in [1.807, 2.05) is 12.4 Å². The van der Waals surface area contributed by atoms with Gasteiger partial charge in [-0.15, -0.1) is 0 Å². The molecule has 2 unspecified atom stereocenters. The summed E-state index contributed by atoms with van der Waals surface area (Å²) < 4.78 is 1.09. The molecule has 5 heteroatoms. The van der Waals surface area contributed by atoms with Gasteiger partial charge < -0.3 is 4.90 Å². The molecule has 0 spiro atoms. The van der Waals surface area contributed by atoms with Crippen molar-refractivity contribution in [3.63, 3.8) is 0 Å². The molecule has 2 fully saturated rings. The SMILES string of the molecule is Ic1cnc(N2CC3CC2CN3Cc2ccccc2)nc1. The summed E-state index contributed by atoms with van der Waals surface area (Å²) in [7, 11) is 0. The first-order valence-electron chi connectivity index (χ1n) is 7.32. The fourth-order valence-corrected chi connectivity index (χ4v) is 3.74. The predicted octanol–water partition coefficient (Wildman–Crippen LogP) is 2.54. The van der Waals surface area contributed by atoms with Crippen LogP contribution < -0.4 is 4.90 Å². The Morgan fingerprint density at radius 2 is 1.81 bits per heavy atom. The number of hydrogen-bond acceptors (Lipinski definition) is 4. The number of likely N-dealkylation sites (tertiary alicyclic amines) is 1. The molecule has 108 valence electrons. The summed E-state index contributed by atoms with van der Waals surface area (Å²) in [4.78, 5) is 13.9. The van der Waals surface area contributed by atoms with E-state index in [0.717, 1.165) is 29.2 Å². The van der Waals surface area contributed by atoms with E-state index < -0.39 is 0 Å². The summed E-state index contributed by atoms with van der Waals surface area (Å²) in [5.41, 5.74) is 1.40. The van der Waals surface area contributed by atoms with E-state index in [1.54, 1.807) is 0 Å². The first kappa shape index (κ1) is 13.5. The van der Waals surface area contributed by atoms with E-state index in [2.05, 4.69) is 72.7 Å². The molecule has 0 radical (unpaired) electrons. The molecule has 4 rings (SSSR count). The highest BCUT2D eigenvalue weighted by Gasteiger charge is 2.43. The summed E-state index contributed by atoms with van der Waals surface area (Å²) in [6, 6.07) is 12.0. The van der Waals surface area contributed by atoms with E-state index in [-0.39, 0.29) is 0 Å². The van der Waals surface area contributed by atoms with Crippen molar-refractivity contribution in [1.82, 2.24) is 14.9 Å². The Morgan fingerprint density at radius 1 is 1.05 bits per heavy atom. The maximum atomic E-state index is 4.48. The van der Waals surface area contributed by atoms with Gasteiger partial charge in [0, 0.05) is 47.7 Å². The van der Waals surface area contributed by atoms with Gasteiger partial charge >= 0.3 is 0 Å². The van der Waals surface area contributed by atoms with Crippen molar-refractivity contribution in [2.45, 2.75) is 25.0 Å². The van der Waals surface area contributed by atoms with Crippen molar-refractivity contribution in [2.24, 2.45) is 0 Å². The van der Waals surface area contributed by atoms with Crippen LogP contribution >= 0.6 is 22.6 Å². The van der Waals surface area contributed by atoms with Gasteiger partial charge in [0.15, 0.2) is 0 Å². The molecule has 2 atom stereocenters. The number of fused-ring (bicyclic) bond motifs is 2. The molecule has 1 aromatic heterocycles. The first-order chi connectivity index (χ1) is 10.3. The van der Waals surface area contributed by atoms with E-state index in [1.165, 1.54) is 12.0 Å². The molecule has 0 N–H and O–H groups in total. The third kappa shape index (κ3) is 2.64. The van der Waals surface area contributed by atoms with Gasteiger partial charge in [-0.25, -0.2) is 9.97 Å². The molecule has 2 aromatic rings. The molecule has 2 aliphatic heterocycles. The maximum absolute atomic E-state index is 4.48. The molecule has 3 heterocycles. The summed E-state index contributed by atoms with van der Waals surface area (Å²) in [6.45, 7) is 3.23. The smallest absolute Gasteiger partial charge is 0.225 e. The van der Waals surface area contributed by atoms with Crippen LogP contribution in [0.25, 0.3) is 0 Å². The molecule has 0 saturated carbocycles. The number of rotatable bonds is 3. The molecule has 4 nitrogen and oxygen atoms in total. The first-order valence-corrected chi connectivity index (χ1v) is 8.39. The molecule has 2 saturated heterocycles. The molecule has 2 aliphatic rings. The fraction of sp³-hybridized carbons (Fsp3) is 0.375. The zero-order chi connectivity index (χ0) is 14.2. The Labute approximate surface area is 138 Å². The topological polar surface area (TPSA) is 32.3 Å². The monoisotopic (exact) mass is 392 g/mol. The Balaban J connectivity index is 1.45. The third-order valence-electron chi connectivity index (χ3n) is 4.45. The summed E-state index contributed by atoms with van der Waals surface area (Å²) in [5, 5.41) is 0. The second kappa shape index (κ2) is 5.53. The molecular formula is C16H17IN4. The number of aromatic nitrogens is 2. The van der Waals surface area contributed by atoms with Crippen molar-refractivity contribution >= 4 is 28.5 Å². The average Bonchev–Trinajstić information content (AvgIpc) is 3.09. The van der Waals surface area contributed by atoms with E-state index in [4.69, 9.17) is 0 Å². The lowest BCUT2D eigenvalue weighted by molar-refractivity contribution is 0.229. The van der Waals surface area contributed by atoms with Crippen LogP contribution in [0.5, 0.6) is 0 Å². The lowest BCUT2D eigenvalue weighted by Crippen LogP contribution is -2.46. The molecular weight excluding hydrogens is 375 g/mol. The van der Waals surface area contributed by atoms with Crippen LogP contribution in [0.3, 0.4) is 0 Å². The highest BCUT2D eigenvalue weighted by Crippen LogP contribution is 2.33. The Morgan fingerprint density at radius 3 is 2.48 bits per heavy atom. The second-order valence-corrected chi connectivity index (χ2v) is 7.06. The Kier molecular flexibility index (Phi) is 3.54. The van der Waals surface area contributed by atoms with Crippen LogP contribution in [0, 0.1) is 3.57 Å². The standard InChI is InChI=1S/C16H17IN4/c17-13-7-18-16(19-8-13)21-11-14-6-15(21)10-20(14)9-12-4-2-1-3-5-12/h1-5,7-8,14-15H,6,9-11H2. The van der Waals surface area contributed by atoms with Crippen LogP contribution in [0.4, 0.5) is 5.95 Å². The number of benzene rings is 1. The minimum absolute atomic E-state index is 0.568. The zero-order valence-electron chi connectivity index (χ0n) is 11.7. The van der Waals surface area contributed by atoms with Gasteiger partial charge in [0.2, 0.25) is 5.95 Å². The van der Waals surface area contributed by atoms with Crippen molar-refractivity contribution in [1.29, 1.82) is 0 Å². The number of halogens is 1. The largest absolute Gasteiger partial charge is 0.335 e. The van der Waals surface area contributed by atoms with Gasteiger partial charge in [-0.1, -0.05) is 30.3 Å². The highest BCUT2D eigenvalue weighted by molar-refractivity contribution is 14.1. The van der Waals surface area contributed by atoms with E-state index in [0.29, 0.717) is 12.1 Å². The number of piperazine rings is 1. The minimum atomic E-state index is 0.568. The zero-order valence-corrected chi connectivity index (χ0v) is 13.8. The maximum Gasteiger partial charge on any atom is 0.225 e. The average molecular weight is 392 g/mol. The lowest BCUT2D eigenvalue weighted by atomic mass is 10.2. The van der Waals surface area contributed by atoms with Crippen molar-refractivity contribution in [2.75, 3.05) is 18.0 Å². The Bertz CT molecular complexity index is 616. The van der Waals surface area contributed by atoms with E-state index in [9.17, 15) is 0 Å². The summed E-state index contributed by atoms with van der Waals surface area (Å²) in [5.74, 6) is 0.891. The molecule has 0 amide bonds. The predicted molar refractivity (Wildman–Crippen MR) is 91.1 cm³/mol.